The molecule has 0 atom stereocenters. The molecule has 2 heteroatoms. The van der Waals surface area contributed by atoms with Gasteiger partial charge in [-0.1, -0.05) is 13.3 Å². The van der Waals surface area contributed by atoms with Crippen molar-refractivity contribution in [3.8, 4) is 0 Å². The predicted octanol–water partition coefficient (Wildman–Crippen LogP) is 1.47. The van der Waals surface area contributed by atoms with Crippen LogP contribution in [0.4, 0.5) is 0 Å². The van der Waals surface area contributed by atoms with E-state index in [4.69, 9.17) is 0 Å². The molecule has 0 aromatic heterocycles. The van der Waals surface area contributed by atoms with Crippen LogP contribution in [0.25, 0.3) is 0 Å². The van der Waals surface area contributed by atoms with E-state index >= 15 is 0 Å². The van der Waals surface area contributed by atoms with Crippen molar-refractivity contribution in [3.05, 3.63) is 6.54 Å². The van der Waals surface area contributed by atoms with Gasteiger partial charge in [0.25, 0.3) is 0 Å². The molecule has 0 saturated heterocycles. The maximum atomic E-state index is 11.0. The molecule has 0 bridgehead atoms. The SMILES string of the molecule is CC[CH]NC(=O)C1CCC1. The highest BCUT2D eigenvalue weighted by molar-refractivity contribution is 5.79. The lowest BCUT2D eigenvalue weighted by molar-refractivity contribution is -0.126. The fourth-order valence-corrected chi connectivity index (χ4v) is 0.991. The second kappa shape index (κ2) is 3.59. The van der Waals surface area contributed by atoms with Gasteiger partial charge in [0, 0.05) is 12.5 Å². The Bertz CT molecular complexity index is 118. The number of rotatable bonds is 3. The summed E-state index contributed by atoms with van der Waals surface area (Å²) in [6.07, 6.45) is 4.31. The molecule has 1 aliphatic carbocycles. The van der Waals surface area contributed by atoms with Crippen molar-refractivity contribution in [1.29, 1.82) is 0 Å². The minimum Gasteiger partial charge on any atom is -0.351 e. The van der Waals surface area contributed by atoms with Crippen molar-refractivity contribution in [2.75, 3.05) is 0 Å². The number of amides is 1. The highest BCUT2D eigenvalue weighted by Gasteiger charge is 2.24. The standard InChI is InChI=1S/C8H14NO/c1-2-6-9-8(10)7-4-3-5-7/h6-7H,2-5H2,1H3,(H,9,10). The van der Waals surface area contributed by atoms with Crippen molar-refractivity contribution in [1.82, 2.24) is 5.32 Å². The smallest absolute Gasteiger partial charge is 0.223 e. The number of hydrogen-bond acceptors (Lipinski definition) is 1. The first-order chi connectivity index (χ1) is 4.84. The van der Waals surface area contributed by atoms with E-state index in [-0.39, 0.29) is 5.91 Å². The van der Waals surface area contributed by atoms with Gasteiger partial charge in [-0.2, -0.15) is 0 Å². The Hall–Kier alpha value is -0.530. The second-order valence-corrected chi connectivity index (χ2v) is 2.75. The molecular weight excluding hydrogens is 126 g/mol. The van der Waals surface area contributed by atoms with Gasteiger partial charge in [-0.15, -0.1) is 0 Å². The summed E-state index contributed by atoms with van der Waals surface area (Å²) in [5.74, 6) is 0.538. The molecule has 1 saturated carbocycles. The van der Waals surface area contributed by atoms with E-state index in [1.54, 1.807) is 0 Å². The van der Waals surface area contributed by atoms with E-state index in [9.17, 15) is 4.79 Å². The molecule has 1 amide bonds. The fourth-order valence-electron chi connectivity index (χ4n) is 0.991. The fraction of sp³-hybridized carbons (Fsp3) is 0.750. The van der Waals surface area contributed by atoms with E-state index in [1.807, 2.05) is 13.5 Å². The third-order valence-electron chi connectivity index (χ3n) is 1.92. The molecule has 0 spiro atoms. The molecule has 2 nitrogen and oxygen atoms in total. The summed E-state index contributed by atoms with van der Waals surface area (Å²) < 4.78 is 0. The summed E-state index contributed by atoms with van der Waals surface area (Å²) in [6, 6.07) is 0. The van der Waals surface area contributed by atoms with Crippen molar-refractivity contribution in [2.24, 2.45) is 5.92 Å². The van der Waals surface area contributed by atoms with Gasteiger partial charge in [-0.25, -0.2) is 0 Å². The summed E-state index contributed by atoms with van der Waals surface area (Å²) in [7, 11) is 0. The monoisotopic (exact) mass is 140 g/mol. The average molecular weight is 140 g/mol. The maximum Gasteiger partial charge on any atom is 0.223 e. The van der Waals surface area contributed by atoms with Gasteiger partial charge in [-0.3, -0.25) is 4.79 Å². The predicted molar refractivity (Wildman–Crippen MR) is 40.1 cm³/mol. The normalized spacial score (nSPS) is 18.1. The van der Waals surface area contributed by atoms with Crippen LogP contribution in [0.5, 0.6) is 0 Å². The molecule has 0 aromatic carbocycles. The zero-order chi connectivity index (χ0) is 7.40. The molecule has 1 N–H and O–H groups in total. The average Bonchev–Trinajstić information content (AvgIpc) is 1.79. The molecule has 1 rings (SSSR count). The van der Waals surface area contributed by atoms with E-state index in [2.05, 4.69) is 5.32 Å². The number of hydrogen-bond donors (Lipinski definition) is 1. The molecule has 0 unspecified atom stereocenters. The van der Waals surface area contributed by atoms with E-state index in [1.165, 1.54) is 6.42 Å². The third-order valence-corrected chi connectivity index (χ3v) is 1.92. The lowest BCUT2D eigenvalue weighted by Gasteiger charge is -2.23. The quantitative estimate of drug-likeness (QED) is 0.632. The zero-order valence-corrected chi connectivity index (χ0v) is 6.39. The molecule has 0 heterocycles. The first kappa shape index (κ1) is 7.58. The van der Waals surface area contributed by atoms with Crippen LogP contribution in [0.15, 0.2) is 0 Å². The summed E-state index contributed by atoms with van der Waals surface area (Å²) in [5.41, 5.74) is 0. The molecule has 0 aliphatic heterocycles. The Kier molecular flexibility index (Phi) is 2.72. The summed E-state index contributed by atoms with van der Waals surface area (Å²) in [6.45, 7) is 3.84. The van der Waals surface area contributed by atoms with Crippen LogP contribution < -0.4 is 5.32 Å². The van der Waals surface area contributed by atoms with Crippen LogP contribution in [-0.2, 0) is 4.79 Å². The van der Waals surface area contributed by atoms with Gasteiger partial charge in [0.1, 0.15) is 0 Å². The van der Waals surface area contributed by atoms with Crippen LogP contribution >= 0.6 is 0 Å². The number of carbonyl (C=O) groups is 1. The molecule has 1 fully saturated rings. The highest BCUT2D eigenvalue weighted by atomic mass is 16.1. The Balaban J connectivity index is 2.08. The van der Waals surface area contributed by atoms with Crippen LogP contribution in [0.2, 0.25) is 0 Å². The second-order valence-electron chi connectivity index (χ2n) is 2.75. The molecule has 0 aromatic rings. The molecule has 57 valence electrons. The van der Waals surface area contributed by atoms with Crippen LogP contribution in [-0.4, -0.2) is 5.91 Å². The van der Waals surface area contributed by atoms with Crippen molar-refractivity contribution < 1.29 is 4.79 Å². The molecule has 1 aliphatic rings. The molecular formula is C8H14NO. The molecule has 10 heavy (non-hydrogen) atoms. The minimum absolute atomic E-state index is 0.216. The van der Waals surface area contributed by atoms with Crippen molar-refractivity contribution in [3.63, 3.8) is 0 Å². The van der Waals surface area contributed by atoms with Gasteiger partial charge < -0.3 is 5.32 Å². The summed E-state index contributed by atoms with van der Waals surface area (Å²) >= 11 is 0. The Morgan fingerprint density at radius 3 is 2.80 bits per heavy atom. The number of nitrogens with one attached hydrogen (secondary N) is 1. The van der Waals surface area contributed by atoms with Gasteiger partial charge in [0.05, 0.1) is 0 Å². The number of carbonyl (C=O) groups excluding carboxylic acids is 1. The zero-order valence-electron chi connectivity index (χ0n) is 6.39. The summed E-state index contributed by atoms with van der Waals surface area (Å²) in [4.78, 5) is 11.0. The highest BCUT2D eigenvalue weighted by Crippen LogP contribution is 2.26. The van der Waals surface area contributed by atoms with Crippen molar-refractivity contribution in [2.45, 2.75) is 32.6 Å². The minimum atomic E-state index is 0.216. The van der Waals surface area contributed by atoms with Crippen molar-refractivity contribution >= 4 is 5.91 Å². The van der Waals surface area contributed by atoms with Gasteiger partial charge in [0.15, 0.2) is 0 Å². The summed E-state index contributed by atoms with van der Waals surface area (Å²) in [5, 5.41) is 2.77. The third kappa shape index (κ3) is 1.72. The van der Waals surface area contributed by atoms with Gasteiger partial charge in [-0.05, 0) is 19.3 Å². The Labute approximate surface area is 62.0 Å². The van der Waals surface area contributed by atoms with Gasteiger partial charge >= 0.3 is 0 Å². The van der Waals surface area contributed by atoms with E-state index in [0.717, 1.165) is 19.3 Å². The maximum absolute atomic E-state index is 11.0. The lowest BCUT2D eigenvalue weighted by Crippen LogP contribution is -2.32. The molecule has 1 radical (unpaired) electrons. The van der Waals surface area contributed by atoms with Crippen LogP contribution in [0.3, 0.4) is 0 Å². The Morgan fingerprint density at radius 2 is 2.40 bits per heavy atom. The first-order valence-corrected chi connectivity index (χ1v) is 3.96. The van der Waals surface area contributed by atoms with E-state index < -0.39 is 0 Å². The van der Waals surface area contributed by atoms with E-state index in [0.29, 0.717) is 5.92 Å². The van der Waals surface area contributed by atoms with Crippen LogP contribution in [0, 0.1) is 12.5 Å². The van der Waals surface area contributed by atoms with Crippen LogP contribution in [0.1, 0.15) is 32.6 Å². The first-order valence-electron chi connectivity index (χ1n) is 3.96. The Morgan fingerprint density at radius 1 is 1.70 bits per heavy atom. The van der Waals surface area contributed by atoms with Gasteiger partial charge in [0.2, 0.25) is 5.91 Å². The topological polar surface area (TPSA) is 29.1 Å². The largest absolute Gasteiger partial charge is 0.351 e. The lowest BCUT2D eigenvalue weighted by atomic mass is 9.85.